The second-order valence-electron chi connectivity index (χ2n) is 10.4. The van der Waals surface area contributed by atoms with E-state index in [1.54, 1.807) is 27.7 Å². The van der Waals surface area contributed by atoms with E-state index >= 15 is 0 Å². The molecule has 2 aromatic heterocycles. The van der Waals surface area contributed by atoms with Crippen molar-refractivity contribution in [2.45, 2.75) is 64.6 Å². The van der Waals surface area contributed by atoms with E-state index in [1.807, 2.05) is 33.8 Å². The first kappa shape index (κ1) is 27.9. The molecule has 39 heavy (non-hydrogen) atoms. The maximum absolute atomic E-state index is 14.0. The highest BCUT2D eigenvalue weighted by Crippen LogP contribution is 2.31. The molecule has 0 spiro atoms. The van der Waals surface area contributed by atoms with Crippen LogP contribution in [0.4, 0.5) is 22.4 Å². The Bertz CT molecular complexity index is 1500. The first-order valence-electron chi connectivity index (χ1n) is 12.7. The quantitative estimate of drug-likeness (QED) is 0.418. The predicted octanol–water partition coefficient (Wildman–Crippen LogP) is 4.01. The molecule has 0 aliphatic carbocycles. The molecule has 5 N–H and O–H groups in total. The number of hydrogen-bond donors (Lipinski definition) is 3. The number of likely N-dealkylation sites (tertiary alicyclic amines) is 1. The molecule has 13 heteroatoms. The SMILES string of the molecule is CC[C@H](Nc1nc(N)nc(N)c1C#N)c1nc2cccc(Cl)c2c(=O)n1C1CCN(C(=O)OC(C)(C)C)CC1. The lowest BCUT2D eigenvalue weighted by Crippen LogP contribution is -2.44. The molecule has 3 heterocycles. The first-order valence-corrected chi connectivity index (χ1v) is 13.1. The zero-order chi connectivity index (χ0) is 28.5. The Balaban J connectivity index is 1.77. The van der Waals surface area contributed by atoms with E-state index in [2.05, 4.69) is 15.3 Å². The van der Waals surface area contributed by atoms with Crippen molar-refractivity contribution in [2.24, 2.45) is 0 Å². The fourth-order valence-electron chi connectivity index (χ4n) is 4.68. The van der Waals surface area contributed by atoms with Crippen molar-refractivity contribution in [1.29, 1.82) is 5.26 Å². The first-order chi connectivity index (χ1) is 18.4. The molecule has 0 unspecified atom stereocenters. The van der Waals surface area contributed by atoms with Crippen LogP contribution in [0.5, 0.6) is 0 Å². The van der Waals surface area contributed by atoms with Gasteiger partial charge in [-0.25, -0.2) is 9.78 Å². The largest absolute Gasteiger partial charge is 0.444 e. The lowest BCUT2D eigenvalue weighted by molar-refractivity contribution is 0.0186. The summed E-state index contributed by atoms with van der Waals surface area (Å²) in [5.74, 6) is 0.468. The van der Waals surface area contributed by atoms with Gasteiger partial charge in [-0.1, -0.05) is 24.6 Å². The van der Waals surface area contributed by atoms with Gasteiger partial charge in [0.1, 0.15) is 28.9 Å². The van der Waals surface area contributed by atoms with Gasteiger partial charge in [-0.3, -0.25) is 9.36 Å². The molecule has 1 fully saturated rings. The summed E-state index contributed by atoms with van der Waals surface area (Å²) in [5.41, 5.74) is 11.3. The summed E-state index contributed by atoms with van der Waals surface area (Å²) < 4.78 is 7.18. The Morgan fingerprint density at radius 1 is 1.26 bits per heavy atom. The number of nitrogens with zero attached hydrogens (tertiary/aromatic N) is 6. The number of rotatable bonds is 5. The minimum atomic E-state index is -0.604. The van der Waals surface area contributed by atoms with Gasteiger partial charge in [0.2, 0.25) is 5.95 Å². The van der Waals surface area contributed by atoms with Crippen LogP contribution in [0.15, 0.2) is 23.0 Å². The summed E-state index contributed by atoms with van der Waals surface area (Å²) in [5, 5.41) is 13.5. The normalized spacial score (nSPS) is 15.1. The second-order valence-corrected chi connectivity index (χ2v) is 10.8. The fraction of sp³-hybridized carbons (Fsp3) is 0.462. The second kappa shape index (κ2) is 10.9. The number of nitriles is 1. The minimum Gasteiger partial charge on any atom is -0.444 e. The molecule has 12 nitrogen and oxygen atoms in total. The summed E-state index contributed by atoms with van der Waals surface area (Å²) >= 11 is 6.45. The lowest BCUT2D eigenvalue weighted by Gasteiger charge is -2.35. The average Bonchev–Trinajstić information content (AvgIpc) is 2.86. The van der Waals surface area contributed by atoms with Crippen LogP contribution in [0.25, 0.3) is 10.9 Å². The number of benzene rings is 1. The van der Waals surface area contributed by atoms with E-state index in [9.17, 15) is 14.9 Å². The number of aromatic nitrogens is 4. The van der Waals surface area contributed by atoms with Gasteiger partial charge >= 0.3 is 6.09 Å². The van der Waals surface area contributed by atoms with Crippen LogP contribution in [0.2, 0.25) is 5.02 Å². The van der Waals surface area contributed by atoms with Crippen molar-refractivity contribution in [3.05, 3.63) is 45.0 Å². The van der Waals surface area contributed by atoms with Crippen molar-refractivity contribution in [1.82, 2.24) is 24.4 Å². The van der Waals surface area contributed by atoms with Crippen LogP contribution in [0.1, 0.15) is 70.4 Å². The highest BCUT2D eigenvalue weighted by Gasteiger charge is 2.31. The van der Waals surface area contributed by atoms with Gasteiger partial charge < -0.3 is 26.4 Å². The number of fused-ring (bicyclic) bond motifs is 1. The number of hydrogen-bond acceptors (Lipinski definition) is 10. The Hall–Kier alpha value is -4.11. The number of nitrogen functional groups attached to an aromatic ring is 2. The number of carbonyl (C=O) groups excluding carboxylic acids is 1. The minimum absolute atomic E-state index is 0.0473. The van der Waals surface area contributed by atoms with Crippen LogP contribution in [-0.2, 0) is 4.74 Å². The maximum atomic E-state index is 14.0. The summed E-state index contributed by atoms with van der Waals surface area (Å²) in [6, 6.07) is 6.33. The van der Waals surface area contributed by atoms with Crippen LogP contribution in [0, 0.1) is 11.3 Å². The number of anilines is 3. The van der Waals surface area contributed by atoms with Crippen molar-refractivity contribution in [3.8, 4) is 6.07 Å². The molecule has 4 rings (SSSR count). The van der Waals surface area contributed by atoms with Gasteiger partial charge in [-0.2, -0.15) is 15.2 Å². The molecule has 0 bridgehead atoms. The van der Waals surface area contributed by atoms with Crippen molar-refractivity contribution < 1.29 is 9.53 Å². The van der Waals surface area contributed by atoms with E-state index in [0.29, 0.717) is 54.1 Å². The summed E-state index contributed by atoms with van der Waals surface area (Å²) in [4.78, 5) is 41.1. The van der Waals surface area contributed by atoms with Crippen LogP contribution in [0.3, 0.4) is 0 Å². The third-order valence-corrected chi connectivity index (χ3v) is 6.80. The molecule has 1 saturated heterocycles. The van der Waals surface area contributed by atoms with Gasteiger partial charge in [0.05, 0.1) is 22.0 Å². The fourth-order valence-corrected chi connectivity index (χ4v) is 4.93. The number of ether oxygens (including phenoxy) is 1. The monoisotopic (exact) mass is 553 g/mol. The summed E-state index contributed by atoms with van der Waals surface area (Å²) in [6.07, 6.45) is 1.13. The van der Waals surface area contributed by atoms with Gasteiger partial charge in [-0.15, -0.1) is 0 Å². The topological polar surface area (TPSA) is 178 Å². The summed E-state index contributed by atoms with van der Waals surface area (Å²) in [6.45, 7) is 8.20. The standard InChI is InChI=1S/C26H32ClN9O3/c1-5-17(31-21-15(13-28)20(29)33-24(30)34-21)22-32-18-8-6-7-16(27)19(18)23(37)36(22)14-9-11-35(12-10-14)25(38)39-26(2,3)4/h6-8,14,17H,5,9-12H2,1-4H3,(H5,29,30,31,33,34)/t17-/m0/s1. The molecule has 1 aromatic carbocycles. The van der Waals surface area contributed by atoms with Gasteiger partial charge in [0.25, 0.3) is 5.56 Å². The van der Waals surface area contributed by atoms with E-state index in [4.69, 9.17) is 32.8 Å². The third kappa shape index (κ3) is 5.83. The maximum Gasteiger partial charge on any atom is 0.410 e. The van der Waals surface area contributed by atoms with E-state index < -0.39 is 11.6 Å². The Kier molecular flexibility index (Phi) is 7.83. The molecule has 206 valence electrons. The molecule has 0 saturated carbocycles. The number of piperidine rings is 1. The van der Waals surface area contributed by atoms with Gasteiger partial charge in [0.15, 0.2) is 5.82 Å². The van der Waals surface area contributed by atoms with Gasteiger partial charge in [0, 0.05) is 19.1 Å². The van der Waals surface area contributed by atoms with Crippen LogP contribution >= 0.6 is 11.6 Å². The molecule has 1 aliphatic heterocycles. The molecule has 1 amide bonds. The van der Waals surface area contributed by atoms with E-state index in [1.165, 1.54) is 0 Å². The van der Waals surface area contributed by atoms with Crippen molar-refractivity contribution in [3.63, 3.8) is 0 Å². The van der Waals surface area contributed by atoms with Crippen molar-refractivity contribution in [2.75, 3.05) is 29.9 Å². The molecule has 1 atom stereocenters. The zero-order valence-corrected chi connectivity index (χ0v) is 23.1. The highest BCUT2D eigenvalue weighted by molar-refractivity contribution is 6.35. The molecule has 1 aliphatic rings. The average molecular weight is 554 g/mol. The predicted molar refractivity (Wildman–Crippen MR) is 149 cm³/mol. The Labute approximate surface area is 230 Å². The zero-order valence-electron chi connectivity index (χ0n) is 22.4. The number of nitrogens with one attached hydrogen (secondary N) is 1. The lowest BCUT2D eigenvalue weighted by atomic mass is 10.0. The molecule has 3 aromatic rings. The number of carbonyl (C=O) groups is 1. The Morgan fingerprint density at radius 2 is 1.95 bits per heavy atom. The Morgan fingerprint density at radius 3 is 2.56 bits per heavy atom. The highest BCUT2D eigenvalue weighted by atomic mass is 35.5. The van der Waals surface area contributed by atoms with Crippen LogP contribution in [-0.4, -0.2) is 49.2 Å². The number of halogens is 1. The van der Waals surface area contributed by atoms with Crippen LogP contribution < -0.4 is 22.3 Å². The molecular formula is C26H32ClN9O3. The van der Waals surface area contributed by atoms with E-state index in [0.717, 1.165) is 0 Å². The smallest absolute Gasteiger partial charge is 0.410 e. The third-order valence-electron chi connectivity index (χ3n) is 6.48. The molecular weight excluding hydrogens is 522 g/mol. The number of nitrogens with two attached hydrogens (primary N) is 2. The van der Waals surface area contributed by atoms with E-state index in [-0.39, 0.29) is 40.8 Å². The van der Waals surface area contributed by atoms with Crippen molar-refractivity contribution >= 4 is 46.2 Å². The number of amides is 1. The summed E-state index contributed by atoms with van der Waals surface area (Å²) in [7, 11) is 0. The van der Waals surface area contributed by atoms with Gasteiger partial charge in [-0.05, 0) is 52.2 Å². The molecule has 0 radical (unpaired) electrons.